The van der Waals surface area contributed by atoms with Gasteiger partial charge < -0.3 is 10.4 Å². The zero-order valence-corrected chi connectivity index (χ0v) is 10.1. The lowest BCUT2D eigenvalue weighted by Gasteiger charge is -2.08. The van der Waals surface area contributed by atoms with Crippen LogP contribution >= 0.6 is 0 Å². The molecule has 0 aliphatic heterocycles. The number of anilines is 1. The first-order valence-electron chi connectivity index (χ1n) is 5.47. The molecular weight excluding hydrogens is 230 g/mol. The number of phenolic OH excluding ortho intramolecular Hbond substituents is 1. The first-order valence-corrected chi connectivity index (χ1v) is 5.47. The minimum Gasteiger partial charge on any atom is -0.507 e. The summed E-state index contributed by atoms with van der Waals surface area (Å²) in [4.78, 5) is 12.0. The smallest absolute Gasteiger partial charge is 0.256 e. The van der Waals surface area contributed by atoms with E-state index < -0.39 is 0 Å². The Labute approximate surface area is 104 Å². The van der Waals surface area contributed by atoms with Crippen LogP contribution in [0.25, 0.3) is 0 Å². The highest BCUT2D eigenvalue weighted by Crippen LogP contribution is 2.23. The molecule has 0 fully saturated rings. The van der Waals surface area contributed by atoms with Crippen LogP contribution in [0.1, 0.15) is 21.5 Å². The van der Waals surface area contributed by atoms with E-state index in [-0.39, 0.29) is 11.7 Å². The molecule has 0 spiro atoms. The SMILES string of the molecule is Cc1cc(C(=O)Nc2cccnn2)cc(C)c1O. The van der Waals surface area contributed by atoms with E-state index in [2.05, 4.69) is 15.5 Å². The van der Waals surface area contributed by atoms with Crippen LogP contribution in [-0.2, 0) is 0 Å². The Kier molecular flexibility index (Phi) is 3.23. The van der Waals surface area contributed by atoms with Gasteiger partial charge in [-0.3, -0.25) is 4.79 Å². The molecule has 0 unspecified atom stereocenters. The number of aryl methyl sites for hydroxylation is 2. The third-order valence-electron chi connectivity index (χ3n) is 2.57. The summed E-state index contributed by atoms with van der Waals surface area (Å²) in [6.07, 6.45) is 1.53. The number of carbonyl (C=O) groups excluding carboxylic acids is 1. The number of aromatic hydroxyl groups is 1. The van der Waals surface area contributed by atoms with Crippen molar-refractivity contribution in [1.29, 1.82) is 0 Å². The van der Waals surface area contributed by atoms with Gasteiger partial charge in [0, 0.05) is 11.8 Å². The molecule has 2 N–H and O–H groups in total. The summed E-state index contributed by atoms with van der Waals surface area (Å²) in [5.41, 5.74) is 1.81. The zero-order chi connectivity index (χ0) is 13.1. The van der Waals surface area contributed by atoms with Gasteiger partial charge in [-0.25, -0.2) is 0 Å². The predicted molar refractivity (Wildman–Crippen MR) is 67.6 cm³/mol. The Bertz CT molecular complexity index is 559. The molecule has 1 heterocycles. The lowest BCUT2D eigenvalue weighted by atomic mass is 10.1. The molecule has 0 aliphatic rings. The molecule has 0 aliphatic carbocycles. The fourth-order valence-electron chi connectivity index (χ4n) is 1.64. The molecule has 0 saturated heterocycles. The second-order valence-electron chi connectivity index (χ2n) is 4.02. The number of aromatic nitrogens is 2. The van der Waals surface area contributed by atoms with Gasteiger partial charge in [0.1, 0.15) is 5.75 Å². The van der Waals surface area contributed by atoms with Gasteiger partial charge in [-0.2, -0.15) is 5.10 Å². The maximum absolute atomic E-state index is 12.0. The van der Waals surface area contributed by atoms with E-state index in [1.54, 1.807) is 38.1 Å². The quantitative estimate of drug-likeness (QED) is 0.846. The number of nitrogens with one attached hydrogen (secondary N) is 1. The second-order valence-corrected chi connectivity index (χ2v) is 4.02. The van der Waals surface area contributed by atoms with E-state index >= 15 is 0 Å². The molecule has 1 amide bonds. The zero-order valence-electron chi connectivity index (χ0n) is 10.1. The van der Waals surface area contributed by atoms with Gasteiger partial charge in [0.2, 0.25) is 0 Å². The Morgan fingerprint density at radius 3 is 2.50 bits per heavy atom. The summed E-state index contributed by atoms with van der Waals surface area (Å²) in [6.45, 7) is 3.50. The lowest BCUT2D eigenvalue weighted by Crippen LogP contribution is -2.13. The van der Waals surface area contributed by atoms with E-state index in [1.807, 2.05) is 0 Å². The van der Waals surface area contributed by atoms with Gasteiger partial charge in [0.15, 0.2) is 5.82 Å². The van der Waals surface area contributed by atoms with E-state index in [9.17, 15) is 9.90 Å². The average Bonchev–Trinajstić information content (AvgIpc) is 2.36. The highest BCUT2D eigenvalue weighted by atomic mass is 16.3. The van der Waals surface area contributed by atoms with Crippen LogP contribution in [0.15, 0.2) is 30.5 Å². The van der Waals surface area contributed by atoms with Crippen LogP contribution in [0.4, 0.5) is 5.82 Å². The standard InChI is InChI=1S/C13H13N3O2/c1-8-6-10(7-9(2)12(8)17)13(18)15-11-4-3-5-14-16-11/h3-7,17H,1-2H3,(H,15,16,18). The average molecular weight is 243 g/mol. The molecule has 5 nitrogen and oxygen atoms in total. The Morgan fingerprint density at radius 2 is 1.94 bits per heavy atom. The lowest BCUT2D eigenvalue weighted by molar-refractivity contribution is 0.102. The molecular formula is C13H13N3O2. The van der Waals surface area contributed by atoms with Crippen molar-refractivity contribution in [2.45, 2.75) is 13.8 Å². The summed E-state index contributed by atoms with van der Waals surface area (Å²) in [5, 5.41) is 19.7. The van der Waals surface area contributed by atoms with Crippen LogP contribution < -0.4 is 5.32 Å². The van der Waals surface area contributed by atoms with Crippen molar-refractivity contribution in [3.05, 3.63) is 47.2 Å². The van der Waals surface area contributed by atoms with Crippen molar-refractivity contribution in [2.75, 3.05) is 5.32 Å². The largest absolute Gasteiger partial charge is 0.507 e. The highest BCUT2D eigenvalue weighted by Gasteiger charge is 2.10. The molecule has 5 heteroatoms. The normalized spacial score (nSPS) is 10.1. The molecule has 0 radical (unpaired) electrons. The van der Waals surface area contributed by atoms with E-state index in [0.29, 0.717) is 22.5 Å². The molecule has 2 aromatic rings. The highest BCUT2D eigenvalue weighted by molar-refractivity contribution is 6.04. The second kappa shape index (κ2) is 4.83. The Hall–Kier alpha value is -2.43. The maximum Gasteiger partial charge on any atom is 0.256 e. The number of benzene rings is 1. The maximum atomic E-state index is 12.0. The summed E-state index contributed by atoms with van der Waals surface area (Å²) in [5.74, 6) is 0.332. The summed E-state index contributed by atoms with van der Waals surface area (Å²) in [6, 6.07) is 6.61. The number of carbonyl (C=O) groups is 1. The van der Waals surface area contributed by atoms with Crippen LogP contribution in [0.2, 0.25) is 0 Å². The first-order chi connectivity index (χ1) is 8.58. The van der Waals surface area contributed by atoms with E-state index in [1.165, 1.54) is 6.20 Å². The molecule has 1 aromatic heterocycles. The third kappa shape index (κ3) is 2.45. The van der Waals surface area contributed by atoms with Crippen molar-refractivity contribution < 1.29 is 9.90 Å². The number of nitrogens with zero attached hydrogens (tertiary/aromatic N) is 2. The summed E-state index contributed by atoms with van der Waals surface area (Å²) in [7, 11) is 0. The molecule has 0 atom stereocenters. The number of rotatable bonds is 2. The van der Waals surface area contributed by atoms with Gasteiger partial charge in [-0.15, -0.1) is 5.10 Å². The van der Waals surface area contributed by atoms with Crippen molar-refractivity contribution in [2.24, 2.45) is 0 Å². The van der Waals surface area contributed by atoms with Crippen molar-refractivity contribution in [1.82, 2.24) is 10.2 Å². The molecule has 0 bridgehead atoms. The number of hydrogen-bond donors (Lipinski definition) is 2. The van der Waals surface area contributed by atoms with Gasteiger partial charge >= 0.3 is 0 Å². The molecule has 2 rings (SSSR count). The Morgan fingerprint density at radius 1 is 1.28 bits per heavy atom. The monoisotopic (exact) mass is 243 g/mol. The Balaban J connectivity index is 2.25. The third-order valence-corrected chi connectivity index (χ3v) is 2.57. The van der Waals surface area contributed by atoms with Crippen LogP contribution in [0.3, 0.4) is 0 Å². The van der Waals surface area contributed by atoms with Gasteiger partial charge in [0.05, 0.1) is 0 Å². The fourth-order valence-corrected chi connectivity index (χ4v) is 1.64. The number of hydrogen-bond acceptors (Lipinski definition) is 4. The van der Waals surface area contributed by atoms with Gasteiger partial charge in [-0.1, -0.05) is 0 Å². The molecule has 1 aromatic carbocycles. The number of amides is 1. The van der Waals surface area contributed by atoms with Crippen LogP contribution in [0.5, 0.6) is 5.75 Å². The summed E-state index contributed by atoms with van der Waals surface area (Å²) < 4.78 is 0. The van der Waals surface area contributed by atoms with Crippen LogP contribution in [-0.4, -0.2) is 21.2 Å². The minimum absolute atomic E-state index is 0.214. The van der Waals surface area contributed by atoms with Gasteiger partial charge in [-0.05, 0) is 49.2 Å². The fraction of sp³-hybridized carbons (Fsp3) is 0.154. The van der Waals surface area contributed by atoms with E-state index in [0.717, 1.165) is 0 Å². The first kappa shape index (κ1) is 12.0. The molecule has 0 saturated carbocycles. The van der Waals surface area contributed by atoms with Crippen molar-refractivity contribution in [3.63, 3.8) is 0 Å². The van der Waals surface area contributed by atoms with E-state index in [4.69, 9.17) is 0 Å². The minimum atomic E-state index is -0.276. The van der Waals surface area contributed by atoms with Gasteiger partial charge in [0.25, 0.3) is 5.91 Å². The predicted octanol–water partition coefficient (Wildman–Crippen LogP) is 2.05. The molecule has 18 heavy (non-hydrogen) atoms. The summed E-state index contributed by atoms with van der Waals surface area (Å²) >= 11 is 0. The number of phenols is 1. The van der Waals surface area contributed by atoms with Crippen molar-refractivity contribution >= 4 is 11.7 Å². The topological polar surface area (TPSA) is 75.1 Å². The van der Waals surface area contributed by atoms with Crippen LogP contribution in [0, 0.1) is 13.8 Å². The molecule has 92 valence electrons. The van der Waals surface area contributed by atoms with Crippen molar-refractivity contribution in [3.8, 4) is 5.75 Å².